The second-order valence-electron chi connectivity index (χ2n) is 5.65. The minimum Gasteiger partial charge on any atom is -0.493 e. The van der Waals surface area contributed by atoms with Gasteiger partial charge in [0, 0.05) is 38.1 Å². The lowest BCUT2D eigenvalue weighted by atomic mass is 10.2. The molecule has 1 saturated carbocycles. The van der Waals surface area contributed by atoms with Crippen molar-refractivity contribution in [3.8, 4) is 17.2 Å². The monoisotopic (exact) mass is 336 g/mol. The summed E-state index contributed by atoms with van der Waals surface area (Å²) in [5, 5.41) is 2.92. The molecule has 1 fully saturated rings. The summed E-state index contributed by atoms with van der Waals surface area (Å²) in [4.78, 5) is 25.4. The number of anilines is 1. The Morgan fingerprint density at radius 3 is 2.12 bits per heavy atom. The van der Waals surface area contributed by atoms with Crippen LogP contribution in [-0.4, -0.2) is 45.7 Å². The predicted octanol–water partition coefficient (Wildman–Crippen LogP) is 1.73. The van der Waals surface area contributed by atoms with Crippen LogP contribution in [0, 0.1) is 0 Å². The molecule has 1 aliphatic carbocycles. The quantitative estimate of drug-likeness (QED) is 0.782. The molecule has 0 atom stereocenters. The molecule has 0 heterocycles. The van der Waals surface area contributed by atoms with Gasteiger partial charge in [-0.2, -0.15) is 0 Å². The molecule has 7 heteroatoms. The van der Waals surface area contributed by atoms with E-state index < -0.39 is 0 Å². The van der Waals surface area contributed by atoms with Crippen molar-refractivity contribution < 1.29 is 23.8 Å². The van der Waals surface area contributed by atoms with Crippen molar-refractivity contribution in [1.29, 1.82) is 0 Å². The standard InChI is InChI=1S/C17H24N2O5/c1-11(20)19(8-7-16(21)18-12-5-6-12)13-9-14(22-2)17(24-4)15(10-13)23-3/h9-10,12H,5-8H2,1-4H3,(H,18,21). The lowest BCUT2D eigenvalue weighted by Crippen LogP contribution is -2.34. The third-order valence-electron chi connectivity index (χ3n) is 3.85. The van der Waals surface area contributed by atoms with E-state index in [-0.39, 0.29) is 24.8 Å². The van der Waals surface area contributed by atoms with Gasteiger partial charge in [0.15, 0.2) is 11.5 Å². The molecule has 2 amide bonds. The Kier molecular flexibility index (Phi) is 5.89. The number of benzene rings is 1. The second-order valence-corrected chi connectivity index (χ2v) is 5.65. The Morgan fingerprint density at radius 1 is 1.12 bits per heavy atom. The summed E-state index contributed by atoms with van der Waals surface area (Å²) in [6.07, 6.45) is 2.32. The van der Waals surface area contributed by atoms with Crippen LogP contribution in [0.15, 0.2) is 12.1 Å². The average Bonchev–Trinajstić information content (AvgIpc) is 3.37. The average molecular weight is 336 g/mol. The molecule has 0 spiro atoms. The first kappa shape index (κ1) is 17.9. The second kappa shape index (κ2) is 7.90. The summed E-state index contributed by atoms with van der Waals surface area (Å²) in [5.74, 6) is 1.17. The van der Waals surface area contributed by atoms with Gasteiger partial charge in [0.1, 0.15) is 0 Å². The van der Waals surface area contributed by atoms with Crippen LogP contribution in [-0.2, 0) is 9.59 Å². The maximum Gasteiger partial charge on any atom is 0.223 e. The van der Waals surface area contributed by atoms with Gasteiger partial charge in [-0.3, -0.25) is 9.59 Å². The molecule has 7 nitrogen and oxygen atoms in total. The van der Waals surface area contributed by atoms with Crippen LogP contribution in [0.3, 0.4) is 0 Å². The summed E-state index contributed by atoms with van der Waals surface area (Å²) in [5.41, 5.74) is 0.594. The Morgan fingerprint density at radius 2 is 1.71 bits per heavy atom. The van der Waals surface area contributed by atoms with Crippen molar-refractivity contribution in [3.05, 3.63) is 12.1 Å². The molecule has 1 aromatic carbocycles. The zero-order chi connectivity index (χ0) is 17.7. The zero-order valence-corrected chi connectivity index (χ0v) is 14.5. The fraction of sp³-hybridized carbons (Fsp3) is 0.529. The van der Waals surface area contributed by atoms with Crippen molar-refractivity contribution in [3.63, 3.8) is 0 Å². The molecular formula is C17H24N2O5. The van der Waals surface area contributed by atoms with E-state index in [9.17, 15) is 9.59 Å². The first-order chi connectivity index (χ1) is 11.5. The van der Waals surface area contributed by atoms with Gasteiger partial charge >= 0.3 is 0 Å². The number of hydrogen-bond donors (Lipinski definition) is 1. The van der Waals surface area contributed by atoms with Crippen molar-refractivity contribution in [2.45, 2.75) is 32.2 Å². The van der Waals surface area contributed by atoms with Crippen molar-refractivity contribution >= 4 is 17.5 Å². The van der Waals surface area contributed by atoms with Crippen molar-refractivity contribution in [2.75, 3.05) is 32.8 Å². The van der Waals surface area contributed by atoms with Crippen LogP contribution in [0.1, 0.15) is 26.2 Å². The van der Waals surface area contributed by atoms with Crippen LogP contribution in [0.4, 0.5) is 5.69 Å². The normalized spacial score (nSPS) is 13.2. The van der Waals surface area contributed by atoms with Crippen LogP contribution in [0.25, 0.3) is 0 Å². The highest BCUT2D eigenvalue weighted by molar-refractivity contribution is 5.93. The fourth-order valence-electron chi connectivity index (χ4n) is 2.43. The summed E-state index contributed by atoms with van der Waals surface area (Å²) in [6, 6.07) is 3.70. The molecule has 0 aliphatic heterocycles. The van der Waals surface area contributed by atoms with E-state index in [4.69, 9.17) is 14.2 Å². The highest BCUT2D eigenvalue weighted by Gasteiger charge is 2.24. The first-order valence-corrected chi connectivity index (χ1v) is 7.87. The third kappa shape index (κ3) is 4.31. The van der Waals surface area contributed by atoms with Gasteiger partial charge in [0.2, 0.25) is 17.6 Å². The van der Waals surface area contributed by atoms with E-state index in [1.807, 2.05) is 0 Å². The van der Waals surface area contributed by atoms with Crippen molar-refractivity contribution in [1.82, 2.24) is 5.32 Å². The van der Waals surface area contributed by atoms with Gasteiger partial charge in [0.05, 0.1) is 27.0 Å². The zero-order valence-electron chi connectivity index (χ0n) is 14.5. The Labute approximate surface area is 141 Å². The summed E-state index contributed by atoms with van der Waals surface area (Å²) < 4.78 is 15.9. The largest absolute Gasteiger partial charge is 0.493 e. The molecule has 2 rings (SSSR count). The van der Waals surface area contributed by atoms with E-state index in [1.54, 1.807) is 12.1 Å². The number of amides is 2. The molecule has 0 radical (unpaired) electrons. The van der Waals surface area contributed by atoms with E-state index in [0.29, 0.717) is 29.0 Å². The number of methoxy groups -OCH3 is 3. The molecule has 0 unspecified atom stereocenters. The lowest BCUT2D eigenvalue weighted by molar-refractivity contribution is -0.121. The van der Waals surface area contributed by atoms with Crippen LogP contribution >= 0.6 is 0 Å². The van der Waals surface area contributed by atoms with Crippen molar-refractivity contribution in [2.24, 2.45) is 0 Å². The van der Waals surface area contributed by atoms with Gasteiger partial charge in [-0.25, -0.2) is 0 Å². The highest BCUT2D eigenvalue weighted by atomic mass is 16.5. The molecule has 1 aromatic rings. The Balaban J connectivity index is 2.19. The number of ether oxygens (including phenoxy) is 3. The maximum absolute atomic E-state index is 12.0. The molecule has 0 saturated heterocycles. The number of nitrogens with zero attached hydrogens (tertiary/aromatic N) is 1. The third-order valence-corrected chi connectivity index (χ3v) is 3.85. The number of rotatable bonds is 8. The first-order valence-electron chi connectivity index (χ1n) is 7.87. The minimum atomic E-state index is -0.163. The van der Waals surface area contributed by atoms with Crippen LogP contribution in [0.5, 0.6) is 17.2 Å². The predicted molar refractivity (Wildman–Crippen MR) is 89.9 cm³/mol. The topological polar surface area (TPSA) is 77.1 Å². The minimum absolute atomic E-state index is 0.0452. The number of carbonyl (C=O) groups is 2. The van der Waals surface area contributed by atoms with Gasteiger partial charge in [0.25, 0.3) is 0 Å². The lowest BCUT2D eigenvalue weighted by Gasteiger charge is -2.23. The fourth-order valence-corrected chi connectivity index (χ4v) is 2.43. The highest BCUT2D eigenvalue weighted by Crippen LogP contribution is 2.41. The molecule has 24 heavy (non-hydrogen) atoms. The molecule has 1 N–H and O–H groups in total. The van der Waals surface area contributed by atoms with E-state index in [1.165, 1.54) is 33.2 Å². The van der Waals surface area contributed by atoms with E-state index >= 15 is 0 Å². The van der Waals surface area contributed by atoms with Gasteiger partial charge in [-0.15, -0.1) is 0 Å². The molecule has 0 bridgehead atoms. The Hall–Kier alpha value is -2.44. The van der Waals surface area contributed by atoms with Gasteiger partial charge < -0.3 is 24.4 Å². The number of hydrogen-bond acceptors (Lipinski definition) is 5. The Bertz CT molecular complexity index is 588. The maximum atomic E-state index is 12.0. The SMILES string of the molecule is COc1cc(N(CCC(=O)NC2CC2)C(C)=O)cc(OC)c1OC. The van der Waals surface area contributed by atoms with Crippen LogP contribution in [0.2, 0.25) is 0 Å². The molecule has 0 aromatic heterocycles. The molecule has 132 valence electrons. The summed E-state index contributed by atoms with van der Waals surface area (Å²) in [7, 11) is 4.55. The van der Waals surface area contributed by atoms with Gasteiger partial charge in [-0.05, 0) is 12.8 Å². The summed E-state index contributed by atoms with van der Waals surface area (Å²) in [6.45, 7) is 1.74. The van der Waals surface area contributed by atoms with E-state index in [2.05, 4.69) is 5.32 Å². The number of carbonyl (C=O) groups excluding carboxylic acids is 2. The number of nitrogens with one attached hydrogen (secondary N) is 1. The molecule has 1 aliphatic rings. The smallest absolute Gasteiger partial charge is 0.223 e. The van der Waals surface area contributed by atoms with E-state index in [0.717, 1.165) is 12.8 Å². The van der Waals surface area contributed by atoms with Gasteiger partial charge in [-0.1, -0.05) is 0 Å². The van der Waals surface area contributed by atoms with Crippen LogP contribution < -0.4 is 24.4 Å². The summed E-state index contributed by atoms with van der Waals surface area (Å²) >= 11 is 0. The molecular weight excluding hydrogens is 312 g/mol.